The Balaban J connectivity index is 2.68. The van der Waals surface area contributed by atoms with Gasteiger partial charge in [0.05, 0.1) is 18.2 Å². The molecule has 1 aliphatic heterocycles. The fourth-order valence-corrected chi connectivity index (χ4v) is 1.62. The molecule has 2 atom stereocenters. The molecular weight excluding hydrogens is 197 g/mol. The number of aliphatic carboxylic acids is 1. The highest BCUT2D eigenvalue weighted by Gasteiger charge is 2.42. The van der Waals surface area contributed by atoms with Crippen LogP contribution in [0.1, 0.15) is 20.8 Å². The van der Waals surface area contributed by atoms with Gasteiger partial charge in [-0.2, -0.15) is 0 Å². The topological polar surface area (TPSA) is 66.8 Å². The molecule has 1 rings (SSSR count). The van der Waals surface area contributed by atoms with Crippen molar-refractivity contribution in [3.63, 3.8) is 0 Å². The fourth-order valence-electron chi connectivity index (χ4n) is 1.62. The van der Waals surface area contributed by atoms with Gasteiger partial charge in [-0.3, -0.25) is 4.79 Å². The second-order valence-electron chi connectivity index (χ2n) is 4.17. The summed E-state index contributed by atoms with van der Waals surface area (Å²) in [5.74, 6) is -1.46. The van der Waals surface area contributed by atoms with Gasteiger partial charge in [0.2, 0.25) is 0 Å². The largest absolute Gasteiger partial charge is 0.481 e. The highest BCUT2D eigenvalue weighted by molar-refractivity contribution is 6.64. The van der Waals surface area contributed by atoms with Crippen molar-refractivity contribution in [2.24, 2.45) is 5.92 Å². The van der Waals surface area contributed by atoms with E-state index in [-0.39, 0.29) is 6.10 Å². The molecule has 0 saturated carbocycles. The molecular formula is C9H15BNO4. The number of carbonyl (C=O) groups is 2. The number of hydrogen-bond donors (Lipinski definition) is 1. The van der Waals surface area contributed by atoms with Gasteiger partial charge in [-0.05, 0) is 20.8 Å². The van der Waals surface area contributed by atoms with E-state index in [4.69, 9.17) is 9.84 Å². The normalized spacial score (nSPS) is 27.3. The van der Waals surface area contributed by atoms with E-state index in [1.165, 1.54) is 7.41 Å². The molecule has 83 valence electrons. The lowest BCUT2D eigenvalue weighted by Gasteiger charge is -2.27. The van der Waals surface area contributed by atoms with Gasteiger partial charge in [-0.25, -0.2) is 0 Å². The second kappa shape index (κ2) is 4.32. The van der Waals surface area contributed by atoms with Crippen LogP contribution in [0.2, 0.25) is 0 Å². The van der Waals surface area contributed by atoms with E-state index >= 15 is 0 Å². The van der Waals surface area contributed by atoms with Crippen molar-refractivity contribution in [1.82, 2.24) is 4.81 Å². The fraction of sp³-hybridized carbons (Fsp3) is 0.778. The van der Waals surface area contributed by atoms with Gasteiger partial charge in [-0.1, -0.05) is 0 Å². The van der Waals surface area contributed by atoms with Crippen molar-refractivity contribution in [1.29, 1.82) is 0 Å². The molecule has 0 spiro atoms. The molecule has 1 N–H and O–H groups in total. The third-order valence-corrected chi connectivity index (χ3v) is 2.70. The van der Waals surface area contributed by atoms with Gasteiger partial charge in [0, 0.05) is 6.54 Å². The minimum Gasteiger partial charge on any atom is -0.481 e. The van der Waals surface area contributed by atoms with Crippen LogP contribution in [-0.2, 0) is 14.3 Å². The summed E-state index contributed by atoms with van der Waals surface area (Å²) in [6, 6.07) is 0. The molecule has 0 aromatic rings. The Labute approximate surface area is 89.7 Å². The Bertz CT molecular complexity index is 269. The minimum absolute atomic E-state index is 0.381. The number of carboxylic acids is 1. The smallest absolute Gasteiger partial charge is 0.308 e. The molecule has 0 bridgehead atoms. The van der Waals surface area contributed by atoms with E-state index in [1.807, 2.05) is 13.8 Å². The molecule has 0 aromatic heterocycles. The molecule has 0 amide bonds. The number of carbonyl (C=O) groups excluding carboxylic acids is 1. The molecule has 5 nitrogen and oxygen atoms in total. The van der Waals surface area contributed by atoms with Crippen LogP contribution >= 0.6 is 0 Å². The van der Waals surface area contributed by atoms with Gasteiger partial charge in [0.15, 0.2) is 0 Å². The molecule has 15 heavy (non-hydrogen) atoms. The number of hydrogen-bond acceptors (Lipinski definition) is 4. The summed E-state index contributed by atoms with van der Waals surface area (Å²) in [6.45, 7) is 5.65. The molecule has 1 heterocycles. The van der Waals surface area contributed by atoms with Crippen molar-refractivity contribution < 1.29 is 19.4 Å². The van der Waals surface area contributed by atoms with E-state index < -0.39 is 17.6 Å². The van der Waals surface area contributed by atoms with Crippen LogP contribution < -0.4 is 0 Å². The van der Waals surface area contributed by atoms with Gasteiger partial charge in [0.1, 0.15) is 5.72 Å². The second-order valence-corrected chi connectivity index (χ2v) is 4.17. The number of rotatable bonds is 4. The first kappa shape index (κ1) is 12.2. The van der Waals surface area contributed by atoms with Gasteiger partial charge < -0.3 is 19.4 Å². The van der Waals surface area contributed by atoms with E-state index in [0.29, 0.717) is 12.7 Å². The Morgan fingerprint density at radius 1 is 1.73 bits per heavy atom. The zero-order valence-corrected chi connectivity index (χ0v) is 9.14. The Hall–Kier alpha value is -0.875. The number of carboxylic acid groups (broad SMARTS) is 1. The lowest BCUT2D eigenvalue weighted by Crippen LogP contribution is -2.42. The van der Waals surface area contributed by atoms with E-state index in [2.05, 4.69) is 0 Å². The summed E-state index contributed by atoms with van der Waals surface area (Å²) in [7, 11) is 1.38. The van der Waals surface area contributed by atoms with Crippen LogP contribution in [0.4, 0.5) is 0 Å². The van der Waals surface area contributed by atoms with Crippen LogP contribution in [0.15, 0.2) is 0 Å². The van der Waals surface area contributed by atoms with Gasteiger partial charge >= 0.3 is 5.97 Å². The maximum atomic E-state index is 10.8. The summed E-state index contributed by atoms with van der Waals surface area (Å²) in [5, 5.41) is 8.85. The summed E-state index contributed by atoms with van der Waals surface area (Å²) in [4.78, 5) is 22.9. The molecule has 0 unspecified atom stereocenters. The van der Waals surface area contributed by atoms with Crippen LogP contribution in [0.5, 0.6) is 0 Å². The molecule has 1 fully saturated rings. The maximum absolute atomic E-state index is 10.8. The van der Waals surface area contributed by atoms with E-state index in [0.717, 1.165) is 0 Å². The first-order valence-electron chi connectivity index (χ1n) is 4.84. The van der Waals surface area contributed by atoms with Crippen molar-refractivity contribution in [3.8, 4) is 0 Å². The highest BCUT2D eigenvalue weighted by Crippen LogP contribution is 2.29. The Kier molecular flexibility index (Phi) is 3.52. The van der Waals surface area contributed by atoms with Crippen LogP contribution in [0.3, 0.4) is 0 Å². The summed E-state index contributed by atoms with van der Waals surface area (Å²) in [6.07, 6.45) is 0.299. The zero-order chi connectivity index (χ0) is 11.6. The lowest BCUT2D eigenvalue weighted by atomic mass is 9.91. The summed E-state index contributed by atoms with van der Waals surface area (Å²) in [5.41, 5.74) is -0.616. The lowest BCUT2D eigenvalue weighted by molar-refractivity contribution is -0.148. The number of nitrogens with zero attached hydrogens (tertiary/aromatic N) is 1. The minimum atomic E-state index is -0.885. The van der Waals surface area contributed by atoms with Gasteiger partial charge in [-0.15, -0.1) is 0 Å². The van der Waals surface area contributed by atoms with Crippen LogP contribution in [0.25, 0.3) is 0 Å². The Morgan fingerprint density at radius 3 is 2.80 bits per heavy atom. The van der Waals surface area contributed by atoms with Crippen molar-refractivity contribution in [3.05, 3.63) is 0 Å². The monoisotopic (exact) mass is 212 g/mol. The maximum Gasteiger partial charge on any atom is 0.308 e. The standard InChI is InChI=1S/C9H15BNO4/c1-6(8(13)14)7-4-11(10-5-12)9(2,3)15-7/h5-7H,4H2,1-3H3,(H,13,14)/t6-,7-/m0/s1. The summed E-state index contributed by atoms with van der Waals surface area (Å²) >= 11 is 0. The molecule has 0 aliphatic carbocycles. The predicted octanol–water partition coefficient (Wildman–Crippen LogP) is -0.0466. The predicted molar refractivity (Wildman–Crippen MR) is 55.0 cm³/mol. The molecule has 1 saturated heterocycles. The first-order valence-corrected chi connectivity index (χ1v) is 4.84. The van der Waals surface area contributed by atoms with Crippen molar-refractivity contribution in [2.45, 2.75) is 32.6 Å². The molecule has 1 radical (unpaired) electrons. The Morgan fingerprint density at radius 2 is 2.33 bits per heavy atom. The average molecular weight is 212 g/mol. The van der Waals surface area contributed by atoms with Crippen LogP contribution in [0, 0.1) is 5.92 Å². The third-order valence-electron chi connectivity index (χ3n) is 2.70. The van der Waals surface area contributed by atoms with Crippen molar-refractivity contribution >= 4 is 19.6 Å². The van der Waals surface area contributed by atoms with E-state index in [1.54, 1.807) is 11.7 Å². The molecule has 6 heteroatoms. The highest BCUT2D eigenvalue weighted by atomic mass is 16.5. The third kappa shape index (κ3) is 2.57. The number of ether oxygens (including phenoxy) is 1. The summed E-state index contributed by atoms with van der Waals surface area (Å²) < 4.78 is 5.59. The SMILES string of the molecule is C[C@H](C(=O)O)[C@@H]1CN([B]C=O)C(C)(C)O1. The zero-order valence-electron chi connectivity index (χ0n) is 9.14. The first-order chi connectivity index (χ1) is 6.88. The molecule has 1 aliphatic rings. The average Bonchev–Trinajstić information content (AvgIpc) is 2.41. The van der Waals surface area contributed by atoms with Crippen LogP contribution in [-0.4, -0.2) is 47.9 Å². The van der Waals surface area contributed by atoms with Gasteiger partial charge in [0.25, 0.3) is 7.41 Å². The molecule has 0 aromatic carbocycles. The van der Waals surface area contributed by atoms with E-state index in [9.17, 15) is 9.59 Å². The quantitative estimate of drug-likeness (QED) is 0.522. The van der Waals surface area contributed by atoms with Crippen molar-refractivity contribution in [2.75, 3.05) is 6.54 Å².